The van der Waals surface area contributed by atoms with Crippen LogP contribution in [0.4, 0.5) is 5.82 Å². The predicted octanol–water partition coefficient (Wildman–Crippen LogP) is 2.45. The summed E-state index contributed by atoms with van der Waals surface area (Å²) in [5.41, 5.74) is 0.501. The minimum atomic E-state index is 0.224. The van der Waals surface area contributed by atoms with E-state index >= 15 is 0 Å². The lowest BCUT2D eigenvalue weighted by Crippen LogP contribution is -1.65. The van der Waals surface area contributed by atoms with E-state index in [0.717, 1.165) is 0 Å². The second-order valence-corrected chi connectivity index (χ2v) is 2.79. The van der Waals surface area contributed by atoms with Crippen molar-refractivity contribution in [3.63, 3.8) is 0 Å². The Kier molecular flexibility index (Phi) is 1.85. The molecule has 0 saturated carbocycles. The minimum absolute atomic E-state index is 0.224. The van der Waals surface area contributed by atoms with Crippen LogP contribution < -0.4 is 0 Å². The van der Waals surface area contributed by atoms with Crippen LogP contribution in [-0.2, 0) is 4.79 Å². The van der Waals surface area contributed by atoms with E-state index in [-0.39, 0.29) is 5.82 Å². The second-order valence-electron chi connectivity index (χ2n) is 2.35. The largest absolute Gasteiger partial charge is 0.354 e. The number of aromatic nitrogens is 1. The van der Waals surface area contributed by atoms with Gasteiger partial charge in [0.25, 0.3) is 0 Å². The first-order chi connectivity index (χ1) is 6.31. The fraction of sp³-hybridized carbons (Fsp3) is 0. The van der Waals surface area contributed by atoms with Crippen LogP contribution >= 0.6 is 11.6 Å². The molecule has 1 aromatic carbocycles. The molecule has 0 radical (unpaired) electrons. The molecular formula is C8H3ClN2O2. The highest BCUT2D eigenvalue weighted by atomic mass is 35.5. The van der Waals surface area contributed by atoms with Gasteiger partial charge in [0.05, 0.1) is 5.39 Å². The van der Waals surface area contributed by atoms with Gasteiger partial charge >= 0.3 is 0 Å². The molecule has 13 heavy (non-hydrogen) atoms. The number of benzene rings is 1. The van der Waals surface area contributed by atoms with Gasteiger partial charge in [0.1, 0.15) is 0 Å². The molecule has 0 spiro atoms. The van der Waals surface area contributed by atoms with E-state index in [1.54, 1.807) is 18.2 Å². The molecule has 1 aromatic heterocycles. The highest BCUT2D eigenvalue weighted by molar-refractivity contribution is 6.31. The first-order valence-corrected chi connectivity index (χ1v) is 3.82. The number of fused-ring (bicyclic) bond motifs is 1. The Morgan fingerprint density at radius 1 is 1.54 bits per heavy atom. The zero-order valence-electron chi connectivity index (χ0n) is 6.32. The third-order valence-electron chi connectivity index (χ3n) is 1.57. The molecule has 0 aliphatic heterocycles. The van der Waals surface area contributed by atoms with Gasteiger partial charge in [-0.3, -0.25) is 0 Å². The average molecular weight is 195 g/mol. The summed E-state index contributed by atoms with van der Waals surface area (Å²) in [5.74, 6) is 0.224. The molecule has 0 bridgehead atoms. The van der Waals surface area contributed by atoms with Crippen LogP contribution in [0, 0.1) is 0 Å². The normalized spacial score (nSPS) is 9.92. The summed E-state index contributed by atoms with van der Waals surface area (Å²) in [5, 5.41) is 4.76. The summed E-state index contributed by atoms with van der Waals surface area (Å²) in [7, 11) is 0. The van der Waals surface area contributed by atoms with Crippen molar-refractivity contribution in [2.45, 2.75) is 0 Å². The van der Waals surface area contributed by atoms with Gasteiger partial charge in [-0.15, -0.1) is 4.99 Å². The molecule has 0 N–H and O–H groups in total. The maximum absolute atomic E-state index is 9.98. The van der Waals surface area contributed by atoms with Crippen molar-refractivity contribution in [3.8, 4) is 0 Å². The van der Waals surface area contributed by atoms with Gasteiger partial charge in [-0.05, 0) is 12.1 Å². The lowest BCUT2D eigenvalue weighted by Gasteiger charge is -1.86. The van der Waals surface area contributed by atoms with Crippen molar-refractivity contribution >= 4 is 34.5 Å². The van der Waals surface area contributed by atoms with Crippen molar-refractivity contribution in [2.75, 3.05) is 0 Å². The van der Waals surface area contributed by atoms with Gasteiger partial charge < -0.3 is 4.52 Å². The summed E-state index contributed by atoms with van der Waals surface area (Å²) in [6, 6.07) is 4.96. The molecule has 0 aliphatic carbocycles. The van der Waals surface area contributed by atoms with Gasteiger partial charge in [0, 0.05) is 11.1 Å². The minimum Gasteiger partial charge on any atom is -0.354 e. The Labute approximate surface area is 77.8 Å². The lowest BCUT2D eigenvalue weighted by atomic mass is 10.2. The molecular weight excluding hydrogens is 192 g/mol. The average Bonchev–Trinajstić information content (AvgIpc) is 2.49. The van der Waals surface area contributed by atoms with Gasteiger partial charge in [-0.2, -0.15) is 0 Å². The van der Waals surface area contributed by atoms with E-state index in [4.69, 9.17) is 16.1 Å². The van der Waals surface area contributed by atoms with E-state index in [0.29, 0.717) is 16.0 Å². The number of hydrogen-bond donors (Lipinski definition) is 0. The maximum Gasteiger partial charge on any atom is 0.242 e. The SMILES string of the molecule is O=C=Nc1noc2cc(Cl)ccc12. The Morgan fingerprint density at radius 2 is 2.38 bits per heavy atom. The molecule has 0 fully saturated rings. The quantitative estimate of drug-likeness (QED) is 0.518. The maximum atomic E-state index is 9.98. The molecule has 0 aliphatic rings. The number of rotatable bonds is 1. The molecule has 0 amide bonds. The van der Waals surface area contributed by atoms with Crippen LogP contribution in [0.3, 0.4) is 0 Å². The Hall–Kier alpha value is -1.64. The predicted molar refractivity (Wildman–Crippen MR) is 46.8 cm³/mol. The number of nitrogens with zero attached hydrogens (tertiary/aromatic N) is 2. The Morgan fingerprint density at radius 3 is 3.15 bits per heavy atom. The highest BCUT2D eigenvalue weighted by Gasteiger charge is 2.06. The zero-order chi connectivity index (χ0) is 9.26. The van der Waals surface area contributed by atoms with Gasteiger partial charge in [-0.25, -0.2) is 4.79 Å². The van der Waals surface area contributed by atoms with Crippen LogP contribution in [0.15, 0.2) is 27.7 Å². The smallest absolute Gasteiger partial charge is 0.242 e. The molecule has 1 heterocycles. The van der Waals surface area contributed by atoms with Crippen LogP contribution in [-0.4, -0.2) is 11.2 Å². The molecule has 0 atom stereocenters. The molecule has 0 saturated heterocycles. The highest BCUT2D eigenvalue weighted by Crippen LogP contribution is 2.26. The van der Waals surface area contributed by atoms with Crippen molar-refractivity contribution < 1.29 is 9.32 Å². The monoisotopic (exact) mass is 194 g/mol. The van der Waals surface area contributed by atoms with E-state index in [1.165, 1.54) is 6.08 Å². The first-order valence-electron chi connectivity index (χ1n) is 3.44. The Balaban J connectivity index is 2.75. The summed E-state index contributed by atoms with van der Waals surface area (Å²) >= 11 is 5.71. The van der Waals surface area contributed by atoms with Crippen molar-refractivity contribution in [1.82, 2.24) is 5.16 Å². The van der Waals surface area contributed by atoms with E-state index in [1.807, 2.05) is 0 Å². The van der Waals surface area contributed by atoms with E-state index in [9.17, 15) is 4.79 Å². The standard InChI is InChI=1S/C8H3ClN2O2/c9-5-1-2-6-7(3-5)13-11-8(6)10-4-12/h1-3H. The van der Waals surface area contributed by atoms with Crippen molar-refractivity contribution in [2.24, 2.45) is 4.99 Å². The topological polar surface area (TPSA) is 55.5 Å². The van der Waals surface area contributed by atoms with Crippen LogP contribution in [0.5, 0.6) is 0 Å². The number of aliphatic imine (C=N–C) groups is 1. The molecule has 2 rings (SSSR count). The lowest BCUT2D eigenvalue weighted by molar-refractivity contribution is 0.458. The summed E-state index contributed by atoms with van der Waals surface area (Å²) in [6.07, 6.45) is 1.40. The number of hydrogen-bond acceptors (Lipinski definition) is 4. The third kappa shape index (κ3) is 1.33. The molecule has 4 nitrogen and oxygen atoms in total. The van der Waals surface area contributed by atoms with Crippen molar-refractivity contribution in [1.29, 1.82) is 0 Å². The van der Waals surface area contributed by atoms with Crippen LogP contribution in [0.25, 0.3) is 11.0 Å². The number of carbonyl (C=O) groups excluding carboxylic acids is 1. The van der Waals surface area contributed by atoms with Gasteiger partial charge in [-0.1, -0.05) is 16.8 Å². The number of isocyanates is 1. The zero-order valence-corrected chi connectivity index (χ0v) is 7.08. The molecule has 2 aromatic rings. The first kappa shape index (κ1) is 7.98. The summed E-state index contributed by atoms with van der Waals surface area (Å²) in [4.78, 5) is 13.4. The van der Waals surface area contributed by atoms with Crippen molar-refractivity contribution in [3.05, 3.63) is 23.2 Å². The summed E-state index contributed by atoms with van der Waals surface area (Å²) < 4.78 is 4.88. The van der Waals surface area contributed by atoms with Crippen LogP contribution in [0.2, 0.25) is 5.02 Å². The third-order valence-corrected chi connectivity index (χ3v) is 1.80. The second kappa shape index (κ2) is 3.01. The van der Waals surface area contributed by atoms with Gasteiger partial charge in [0.2, 0.25) is 11.9 Å². The Bertz CT molecular complexity index is 500. The van der Waals surface area contributed by atoms with Crippen LogP contribution in [0.1, 0.15) is 0 Å². The molecule has 64 valence electrons. The van der Waals surface area contributed by atoms with E-state index in [2.05, 4.69) is 10.1 Å². The fourth-order valence-corrected chi connectivity index (χ4v) is 1.18. The van der Waals surface area contributed by atoms with E-state index < -0.39 is 0 Å². The summed E-state index contributed by atoms with van der Waals surface area (Å²) in [6.45, 7) is 0. The molecule has 0 unspecified atom stereocenters. The number of halogens is 1. The molecule has 5 heteroatoms. The van der Waals surface area contributed by atoms with Gasteiger partial charge in [0.15, 0.2) is 5.58 Å². The fourth-order valence-electron chi connectivity index (χ4n) is 1.02.